The number of benzene rings is 2. The molecule has 0 aliphatic rings. The van der Waals surface area contributed by atoms with E-state index in [1.807, 2.05) is 6.92 Å². The Morgan fingerprint density at radius 3 is 2.26 bits per heavy atom. The molecular weight excluding hydrogens is 428 g/mol. The Balaban J connectivity index is 2.35. The molecule has 0 spiro atoms. The summed E-state index contributed by atoms with van der Waals surface area (Å²) in [6.07, 6.45) is 0. The van der Waals surface area contributed by atoms with Gasteiger partial charge in [0.2, 0.25) is 0 Å². The van der Waals surface area contributed by atoms with Gasteiger partial charge in [-0.15, -0.1) is 0 Å². The zero-order valence-electron chi connectivity index (χ0n) is 12.4. The van der Waals surface area contributed by atoms with E-state index in [1.54, 1.807) is 31.2 Å². The topological polar surface area (TPSA) is 107 Å². The van der Waals surface area contributed by atoms with E-state index in [9.17, 15) is 21.7 Å². The van der Waals surface area contributed by atoms with Gasteiger partial charge >= 0.3 is 140 Å². The van der Waals surface area contributed by atoms with Crippen molar-refractivity contribution in [2.45, 2.75) is 13.8 Å². The van der Waals surface area contributed by atoms with Gasteiger partial charge in [0.15, 0.2) is 0 Å². The fraction of sp³-hybridized carbons (Fsp3) is 0.143. The summed E-state index contributed by atoms with van der Waals surface area (Å²) >= 11 is -8.77. The van der Waals surface area contributed by atoms with Gasteiger partial charge in [-0.05, 0) is 0 Å². The van der Waals surface area contributed by atoms with Crippen LogP contribution in [-0.4, -0.2) is 38.1 Å². The van der Waals surface area contributed by atoms with Gasteiger partial charge in [0, 0.05) is 0 Å². The van der Waals surface area contributed by atoms with Crippen LogP contribution in [0.15, 0.2) is 42.5 Å². The van der Waals surface area contributed by atoms with Crippen LogP contribution in [0.1, 0.15) is 11.1 Å². The van der Waals surface area contributed by atoms with Crippen LogP contribution in [0.5, 0.6) is 0 Å². The van der Waals surface area contributed by atoms with Crippen LogP contribution in [0, 0.1) is 24.0 Å². The fourth-order valence-electron chi connectivity index (χ4n) is 1.88. The maximum absolute atomic E-state index is 12.4. The Kier molecular flexibility index (Phi) is 5.37. The first-order valence-electron chi connectivity index (χ1n) is 6.53. The molecule has 1 radical (unpaired) electrons. The predicted molar refractivity (Wildman–Crippen MR) is 84.5 cm³/mol. The summed E-state index contributed by atoms with van der Waals surface area (Å²) < 4.78 is 39.6. The van der Waals surface area contributed by atoms with E-state index in [4.69, 9.17) is 2.72 Å². The molecule has 9 heteroatoms. The first-order chi connectivity index (χ1) is 10.7. The van der Waals surface area contributed by atoms with E-state index >= 15 is 0 Å². The number of nitro groups is 1. The first-order valence-corrected chi connectivity index (χ1v) is 12.3. The minimum atomic E-state index is -5.30. The molecule has 0 amide bonds. The SMILES string of the molecule is Cc1ccc([As](=O)O[As](=O)(O)c2ccc(C)cc2[N+](=O)[O-])cc1. The van der Waals surface area contributed by atoms with E-state index in [-0.39, 0.29) is 0 Å². The van der Waals surface area contributed by atoms with E-state index in [2.05, 4.69) is 0 Å². The van der Waals surface area contributed by atoms with Crippen molar-refractivity contribution < 1.29 is 19.2 Å². The maximum atomic E-state index is 12.4. The Labute approximate surface area is 140 Å². The van der Waals surface area contributed by atoms with Crippen molar-refractivity contribution in [3.8, 4) is 0 Å². The van der Waals surface area contributed by atoms with E-state index < -0.39 is 44.1 Å². The van der Waals surface area contributed by atoms with Gasteiger partial charge in [-0.25, -0.2) is 0 Å². The number of rotatable bonds is 5. The minimum absolute atomic E-state index is 0.327. The summed E-state index contributed by atoms with van der Waals surface area (Å²) in [5.41, 5.74) is 1.02. The molecule has 2 aromatic carbocycles. The predicted octanol–water partition coefficient (Wildman–Crippen LogP) is 0.623. The second kappa shape index (κ2) is 6.93. The van der Waals surface area contributed by atoms with Crippen molar-refractivity contribution in [2.24, 2.45) is 0 Å². The monoisotopic (exact) mass is 442 g/mol. The molecule has 121 valence electrons. The third-order valence-electron chi connectivity index (χ3n) is 3.06. The van der Waals surface area contributed by atoms with Crippen LogP contribution in [0.4, 0.5) is 5.69 Å². The number of hydrogen-bond acceptors (Lipinski definition) is 5. The van der Waals surface area contributed by atoms with Crippen molar-refractivity contribution in [2.75, 3.05) is 0 Å². The van der Waals surface area contributed by atoms with Crippen molar-refractivity contribution >= 4 is 43.5 Å². The van der Waals surface area contributed by atoms with Gasteiger partial charge in [-0.2, -0.15) is 0 Å². The molecule has 0 aliphatic heterocycles. The Bertz CT molecular complexity index is 819. The molecule has 7 nitrogen and oxygen atoms in total. The summed E-state index contributed by atoms with van der Waals surface area (Å²) in [6, 6.07) is 10.4. The third-order valence-corrected chi connectivity index (χ3v) is 11.4. The molecule has 0 aromatic heterocycles. The van der Waals surface area contributed by atoms with Crippen LogP contribution in [-0.2, 0) is 10.2 Å². The average molecular weight is 442 g/mol. The average Bonchev–Trinajstić information content (AvgIpc) is 2.46. The second-order valence-electron chi connectivity index (χ2n) is 4.94. The number of hydrogen-bond donors (Lipinski definition) is 1. The van der Waals surface area contributed by atoms with Gasteiger partial charge < -0.3 is 0 Å². The summed E-state index contributed by atoms with van der Waals surface area (Å²) in [5.74, 6) is 0. The molecule has 0 fully saturated rings. The van der Waals surface area contributed by atoms with Gasteiger partial charge in [0.05, 0.1) is 0 Å². The van der Waals surface area contributed by atoms with Crippen molar-refractivity contribution in [1.82, 2.24) is 0 Å². The number of nitrogens with zero attached hydrogens (tertiary/aromatic N) is 1. The van der Waals surface area contributed by atoms with Crippen molar-refractivity contribution in [3.05, 3.63) is 63.7 Å². The normalized spacial score (nSPS) is 14.1. The summed E-state index contributed by atoms with van der Waals surface area (Å²) in [7, 11) is 0. The molecule has 2 unspecified atom stereocenters. The molecule has 0 saturated carbocycles. The van der Waals surface area contributed by atoms with Gasteiger partial charge in [-0.1, -0.05) is 0 Å². The van der Waals surface area contributed by atoms with Crippen LogP contribution in [0.2, 0.25) is 0 Å². The van der Waals surface area contributed by atoms with Crippen LogP contribution >= 0.6 is 0 Å². The molecule has 23 heavy (non-hydrogen) atoms. The first kappa shape index (κ1) is 17.8. The summed E-state index contributed by atoms with van der Waals surface area (Å²) in [6.45, 7) is 3.48. The molecule has 0 aliphatic carbocycles. The number of aryl methyl sites for hydroxylation is 2. The Morgan fingerprint density at radius 2 is 1.70 bits per heavy atom. The van der Waals surface area contributed by atoms with Crippen LogP contribution in [0.3, 0.4) is 0 Å². The molecule has 1 N–H and O–H groups in total. The quantitative estimate of drug-likeness (QED) is 0.414. The second-order valence-corrected chi connectivity index (χ2v) is 12.4. The van der Waals surface area contributed by atoms with Crippen molar-refractivity contribution in [3.63, 3.8) is 0 Å². The molecule has 2 rings (SSSR count). The molecule has 0 bridgehead atoms. The van der Waals surface area contributed by atoms with Crippen LogP contribution in [0.25, 0.3) is 0 Å². The van der Waals surface area contributed by atoms with E-state index in [0.717, 1.165) is 5.56 Å². The zero-order chi connectivity index (χ0) is 17.2. The van der Waals surface area contributed by atoms with E-state index in [0.29, 0.717) is 9.91 Å². The molecular formula is C14H14As2NO6. The fourth-order valence-corrected chi connectivity index (χ4v) is 9.15. The van der Waals surface area contributed by atoms with Gasteiger partial charge in [-0.3, -0.25) is 0 Å². The van der Waals surface area contributed by atoms with Gasteiger partial charge in [0.1, 0.15) is 0 Å². The summed E-state index contributed by atoms with van der Waals surface area (Å²) in [5, 5.41) is 11.1. The Hall–Kier alpha value is -1.52. The molecule has 2 aromatic rings. The molecule has 0 saturated heterocycles. The standard InChI is InChI=1S/C14H14As2NO6/c1-10-3-6-12(7-4-10)15(18)23-16(19,20)13-8-5-11(2)9-14(13)17(21)22/h3-9H,1-2H3,(H,19,20). The zero-order valence-corrected chi connectivity index (χ0v) is 16.1. The molecule has 0 heterocycles. The summed E-state index contributed by atoms with van der Waals surface area (Å²) in [4.78, 5) is 10.3. The third kappa shape index (κ3) is 4.27. The van der Waals surface area contributed by atoms with E-state index in [1.165, 1.54) is 18.2 Å². The Morgan fingerprint density at radius 1 is 1.13 bits per heavy atom. The van der Waals surface area contributed by atoms with Gasteiger partial charge in [0.25, 0.3) is 0 Å². The molecule has 2 atom stereocenters. The van der Waals surface area contributed by atoms with Crippen LogP contribution < -0.4 is 8.70 Å². The number of nitro benzene ring substituents is 1. The van der Waals surface area contributed by atoms with Crippen molar-refractivity contribution in [1.29, 1.82) is 0 Å².